The van der Waals surface area contributed by atoms with Crippen LogP contribution in [0.4, 0.5) is 15.8 Å². The first-order chi connectivity index (χ1) is 12.5. The van der Waals surface area contributed by atoms with E-state index in [0.29, 0.717) is 42.7 Å². The molecule has 6 heteroatoms. The lowest BCUT2D eigenvalue weighted by Gasteiger charge is -2.29. The summed E-state index contributed by atoms with van der Waals surface area (Å²) in [7, 11) is 0. The fourth-order valence-electron chi connectivity index (χ4n) is 2.71. The highest BCUT2D eigenvalue weighted by atomic mass is 35.5. The first kappa shape index (κ1) is 18.4. The number of carbonyl (C=O) groups is 1. The van der Waals surface area contributed by atoms with Crippen LogP contribution in [0, 0.1) is 12.7 Å². The topological polar surface area (TPSA) is 41.6 Å². The molecule has 0 atom stereocenters. The molecule has 0 saturated carbocycles. The molecule has 0 spiro atoms. The Morgan fingerprint density at radius 2 is 2.00 bits per heavy atom. The summed E-state index contributed by atoms with van der Waals surface area (Å²) in [5.41, 5.74) is 2.74. The average Bonchev–Trinajstić information content (AvgIpc) is 2.63. The zero-order valence-electron chi connectivity index (χ0n) is 14.5. The number of morpholine rings is 1. The number of aryl methyl sites for hydroxylation is 1. The first-order valence-electron chi connectivity index (χ1n) is 8.40. The van der Waals surface area contributed by atoms with Crippen LogP contribution in [0.25, 0.3) is 6.08 Å². The van der Waals surface area contributed by atoms with Crippen LogP contribution in [-0.2, 0) is 9.53 Å². The minimum absolute atomic E-state index is 0.333. The maximum Gasteiger partial charge on any atom is 0.248 e. The smallest absolute Gasteiger partial charge is 0.248 e. The Morgan fingerprint density at radius 3 is 2.69 bits per heavy atom. The molecular weight excluding hydrogens is 355 g/mol. The molecule has 3 rings (SSSR count). The molecule has 2 aromatic rings. The van der Waals surface area contributed by atoms with Gasteiger partial charge in [0.15, 0.2) is 0 Å². The van der Waals surface area contributed by atoms with Crippen molar-refractivity contribution in [2.75, 3.05) is 36.5 Å². The molecule has 0 aromatic heterocycles. The highest BCUT2D eigenvalue weighted by Crippen LogP contribution is 2.24. The summed E-state index contributed by atoms with van der Waals surface area (Å²) in [5, 5.41) is 3.31. The van der Waals surface area contributed by atoms with Gasteiger partial charge in [-0.25, -0.2) is 4.39 Å². The molecule has 1 amide bonds. The number of benzene rings is 2. The van der Waals surface area contributed by atoms with Gasteiger partial charge in [0.2, 0.25) is 5.91 Å². The van der Waals surface area contributed by atoms with Crippen LogP contribution >= 0.6 is 11.6 Å². The predicted octanol–water partition coefficient (Wildman–Crippen LogP) is 4.28. The van der Waals surface area contributed by atoms with Crippen molar-refractivity contribution in [3.05, 3.63) is 64.4 Å². The van der Waals surface area contributed by atoms with E-state index in [1.54, 1.807) is 24.3 Å². The van der Waals surface area contributed by atoms with E-state index in [0.717, 1.165) is 11.1 Å². The minimum Gasteiger partial charge on any atom is -0.378 e. The number of halogens is 2. The van der Waals surface area contributed by atoms with E-state index in [9.17, 15) is 9.18 Å². The summed E-state index contributed by atoms with van der Waals surface area (Å²) in [6.07, 6.45) is 3.06. The van der Waals surface area contributed by atoms with Crippen molar-refractivity contribution in [1.29, 1.82) is 0 Å². The Morgan fingerprint density at radius 1 is 1.23 bits per heavy atom. The number of hydrogen-bond acceptors (Lipinski definition) is 3. The van der Waals surface area contributed by atoms with E-state index in [4.69, 9.17) is 16.3 Å². The first-order valence-corrected chi connectivity index (χ1v) is 8.78. The SMILES string of the molecule is Cc1ccc(/C=C/C(=O)Nc2ccc(N3CCOCC3)c(F)c2)cc1Cl. The second-order valence-corrected chi connectivity index (χ2v) is 6.50. The second-order valence-electron chi connectivity index (χ2n) is 6.10. The van der Waals surface area contributed by atoms with Gasteiger partial charge in [0.1, 0.15) is 5.82 Å². The van der Waals surface area contributed by atoms with Crippen LogP contribution in [0.3, 0.4) is 0 Å². The average molecular weight is 375 g/mol. The standard InChI is InChI=1S/C20H20ClFN2O2/c1-14-2-3-15(12-17(14)21)4-7-20(25)23-16-5-6-19(18(22)13-16)24-8-10-26-11-9-24/h2-7,12-13H,8-11H2,1H3,(H,23,25)/b7-4+. The predicted molar refractivity (Wildman–Crippen MR) is 103 cm³/mol. The number of amides is 1. The van der Waals surface area contributed by atoms with Crippen LogP contribution in [0.2, 0.25) is 5.02 Å². The van der Waals surface area contributed by atoms with Crippen molar-refractivity contribution in [1.82, 2.24) is 0 Å². The second kappa shape index (κ2) is 8.34. The number of rotatable bonds is 4. The third kappa shape index (κ3) is 4.62. The highest BCUT2D eigenvalue weighted by Gasteiger charge is 2.15. The number of nitrogens with zero attached hydrogens (tertiary/aromatic N) is 1. The molecule has 1 saturated heterocycles. The molecule has 0 bridgehead atoms. The molecule has 0 radical (unpaired) electrons. The van der Waals surface area contributed by atoms with Gasteiger partial charge in [-0.2, -0.15) is 0 Å². The van der Waals surface area contributed by atoms with Crippen molar-refractivity contribution in [3.8, 4) is 0 Å². The molecule has 1 heterocycles. The molecule has 1 N–H and O–H groups in total. The van der Waals surface area contributed by atoms with E-state index in [2.05, 4.69) is 5.32 Å². The molecule has 1 aliphatic rings. The maximum absolute atomic E-state index is 14.4. The zero-order chi connectivity index (χ0) is 18.5. The van der Waals surface area contributed by atoms with Crippen LogP contribution in [0.15, 0.2) is 42.5 Å². The molecule has 4 nitrogen and oxygen atoms in total. The van der Waals surface area contributed by atoms with Crippen LogP contribution < -0.4 is 10.2 Å². The van der Waals surface area contributed by atoms with Gasteiger partial charge in [-0.05, 0) is 48.4 Å². The monoisotopic (exact) mass is 374 g/mol. The molecule has 1 fully saturated rings. The van der Waals surface area contributed by atoms with Crippen molar-refractivity contribution >= 4 is 35.0 Å². The Balaban J connectivity index is 1.64. The van der Waals surface area contributed by atoms with Gasteiger partial charge in [0.05, 0.1) is 18.9 Å². The number of anilines is 2. The van der Waals surface area contributed by atoms with E-state index >= 15 is 0 Å². The van der Waals surface area contributed by atoms with Crippen LogP contribution in [0.1, 0.15) is 11.1 Å². The maximum atomic E-state index is 14.4. The summed E-state index contributed by atoms with van der Waals surface area (Å²) >= 11 is 6.07. The number of carbonyl (C=O) groups excluding carboxylic acids is 1. The fraction of sp³-hybridized carbons (Fsp3) is 0.250. The third-order valence-electron chi connectivity index (χ3n) is 4.19. The lowest BCUT2D eigenvalue weighted by atomic mass is 10.1. The Kier molecular flexibility index (Phi) is 5.91. The molecule has 2 aromatic carbocycles. The third-order valence-corrected chi connectivity index (χ3v) is 4.60. The summed E-state index contributed by atoms with van der Waals surface area (Å²) in [6, 6.07) is 10.3. The number of nitrogens with one attached hydrogen (secondary N) is 1. The minimum atomic E-state index is -0.362. The van der Waals surface area contributed by atoms with Gasteiger partial charge in [0.25, 0.3) is 0 Å². The van der Waals surface area contributed by atoms with Crippen LogP contribution in [-0.4, -0.2) is 32.2 Å². The molecular formula is C20H20ClFN2O2. The van der Waals surface area contributed by atoms with Gasteiger partial charge < -0.3 is 15.0 Å². The molecule has 136 valence electrons. The summed E-state index contributed by atoms with van der Waals surface area (Å²) in [6.45, 7) is 4.41. The van der Waals surface area contributed by atoms with Crippen molar-refractivity contribution in [2.45, 2.75) is 6.92 Å². The van der Waals surface area contributed by atoms with Gasteiger partial charge in [0, 0.05) is 29.9 Å². The van der Waals surface area contributed by atoms with Gasteiger partial charge >= 0.3 is 0 Å². The normalized spacial score (nSPS) is 14.7. The van der Waals surface area contributed by atoms with Gasteiger partial charge in [-0.1, -0.05) is 23.7 Å². The zero-order valence-corrected chi connectivity index (χ0v) is 15.2. The summed E-state index contributed by atoms with van der Waals surface area (Å²) in [5.74, 6) is -0.695. The number of hydrogen-bond donors (Lipinski definition) is 1. The van der Waals surface area contributed by atoms with Gasteiger partial charge in [-0.15, -0.1) is 0 Å². The van der Waals surface area contributed by atoms with E-state index in [1.807, 2.05) is 24.0 Å². The van der Waals surface area contributed by atoms with Crippen molar-refractivity contribution in [3.63, 3.8) is 0 Å². The Bertz CT molecular complexity index is 833. The highest BCUT2D eigenvalue weighted by molar-refractivity contribution is 6.31. The lowest BCUT2D eigenvalue weighted by Crippen LogP contribution is -2.36. The largest absolute Gasteiger partial charge is 0.378 e. The Hall–Kier alpha value is -2.37. The Labute approximate surface area is 157 Å². The summed E-state index contributed by atoms with van der Waals surface area (Å²) < 4.78 is 19.6. The van der Waals surface area contributed by atoms with E-state index < -0.39 is 0 Å². The molecule has 0 aliphatic carbocycles. The lowest BCUT2D eigenvalue weighted by molar-refractivity contribution is -0.111. The van der Waals surface area contributed by atoms with Crippen molar-refractivity contribution < 1.29 is 13.9 Å². The molecule has 26 heavy (non-hydrogen) atoms. The quantitative estimate of drug-likeness (QED) is 0.812. The van der Waals surface area contributed by atoms with E-state index in [1.165, 1.54) is 12.1 Å². The van der Waals surface area contributed by atoms with Crippen molar-refractivity contribution in [2.24, 2.45) is 0 Å². The van der Waals surface area contributed by atoms with Gasteiger partial charge in [-0.3, -0.25) is 4.79 Å². The molecule has 1 aliphatic heterocycles. The van der Waals surface area contributed by atoms with Crippen LogP contribution in [0.5, 0.6) is 0 Å². The molecule has 0 unspecified atom stereocenters. The van der Waals surface area contributed by atoms with E-state index in [-0.39, 0.29) is 11.7 Å². The number of ether oxygens (including phenoxy) is 1. The summed E-state index contributed by atoms with van der Waals surface area (Å²) in [4.78, 5) is 14.0. The fourth-order valence-corrected chi connectivity index (χ4v) is 2.90.